The molecule has 6 heteroatoms. The number of thioether (sulfide) groups is 1. The first-order valence-electron chi connectivity index (χ1n) is 5.54. The summed E-state index contributed by atoms with van der Waals surface area (Å²) < 4.78 is 4.65. The van der Waals surface area contributed by atoms with Gasteiger partial charge in [-0.15, -0.1) is 11.8 Å². The number of amides is 2. The second-order valence-corrected chi connectivity index (χ2v) is 4.85. The molecule has 1 heterocycles. The fourth-order valence-corrected chi connectivity index (χ4v) is 2.68. The van der Waals surface area contributed by atoms with Gasteiger partial charge in [-0.05, 0) is 30.7 Å². The van der Waals surface area contributed by atoms with E-state index in [1.54, 1.807) is 0 Å². The highest BCUT2D eigenvalue weighted by molar-refractivity contribution is 8.00. The minimum Gasteiger partial charge on any atom is -0.452 e. The molecule has 18 heavy (non-hydrogen) atoms. The van der Waals surface area contributed by atoms with Gasteiger partial charge in [0.1, 0.15) is 0 Å². The fraction of sp³-hybridized carbons (Fsp3) is 0.333. The Morgan fingerprint density at radius 3 is 3.00 bits per heavy atom. The van der Waals surface area contributed by atoms with Crippen molar-refractivity contribution < 1.29 is 14.3 Å². The van der Waals surface area contributed by atoms with E-state index in [4.69, 9.17) is 5.73 Å². The minimum atomic E-state index is -0.647. The molecule has 0 spiro atoms. The Kier molecular flexibility index (Phi) is 3.88. The molecule has 0 bridgehead atoms. The van der Waals surface area contributed by atoms with Crippen LogP contribution >= 0.6 is 11.8 Å². The van der Waals surface area contributed by atoms with Crippen LogP contribution in [0.3, 0.4) is 0 Å². The van der Waals surface area contributed by atoms with Crippen molar-refractivity contribution in [2.24, 2.45) is 5.73 Å². The molecule has 0 saturated heterocycles. The Hall–Kier alpha value is -1.53. The zero-order valence-corrected chi connectivity index (χ0v) is 10.8. The Bertz CT molecular complexity index is 490. The van der Waals surface area contributed by atoms with Crippen LogP contribution in [0.4, 0.5) is 10.5 Å². The number of nitrogens with two attached hydrogens (primary N) is 1. The molecule has 0 radical (unpaired) electrons. The number of ether oxygens (including phenoxy) is 1. The Morgan fingerprint density at radius 1 is 1.56 bits per heavy atom. The number of anilines is 1. The van der Waals surface area contributed by atoms with E-state index in [0.717, 1.165) is 15.4 Å². The van der Waals surface area contributed by atoms with Crippen molar-refractivity contribution in [2.45, 2.75) is 11.3 Å². The highest BCUT2D eigenvalue weighted by Gasteiger charge is 2.30. The smallest absolute Gasteiger partial charge is 0.421 e. The zero-order valence-electron chi connectivity index (χ0n) is 10.0. The van der Waals surface area contributed by atoms with Gasteiger partial charge in [-0.3, -0.25) is 4.79 Å². The first kappa shape index (κ1) is 12.9. The Balaban J connectivity index is 2.43. The van der Waals surface area contributed by atoms with Gasteiger partial charge in [-0.2, -0.15) is 0 Å². The normalized spacial score (nSPS) is 14.3. The van der Waals surface area contributed by atoms with Crippen molar-refractivity contribution in [3.05, 3.63) is 23.8 Å². The van der Waals surface area contributed by atoms with Crippen LogP contribution in [0.1, 0.15) is 5.56 Å². The lowest BCUT2D eigenvalue weighted by Gasteiger charge is -2.26. The van der Waals surface area contributed by atoms with Gasteiger partial charge in [0.2, 0.25) is 5.91 Å². The molecule has 2 amide bonds. The second-order valence-electron chi connectivity index (χ2n) is 3.83. The average molecular weight is 266 g/mol. The molecule has 1 aromatic carbocycles. The van der Waals surface area contributed by atoms with Crippen molar-refractivity contribution in [3.8, 4) is 0 Å². The van der Waals surface area contributed by atoms with E-state index in [1.807, 2.05) is 18.2 Å². The Labute approximate surface area is 109 Å². The summed E-state index contributed by atoms with van der Waals surface area (Å²) in [5, 5.41) is 0. The predicted octanol–water partition coefficient (Wildman–Crippen LogP) is 1.39. The third kappa shape index (κ3) is 2.34. The summed E-state index contributed by atoms with van der Waals surface area (Å²) in [5.41, 5.74) is 7.10. The first-order valence-corrected chi connectivity index (χ1v) is 6.52. The van der Waals surface area contributed by atoms with Crippen LogP contribution in [0.2, 0.25) is 0 Å². The summed E-state index contributed by atoms with van der Waals surface area (Å²) in [7, 11) is 1.26. The molecule has 0 fully saturated rings. The molecule has 1 aliphatic rings. The number of imide groups is 1. The predicted molar refractivity (Wildman–Crippen MR) is 69.8 cm³/mol. The SMILES string of the molecule is COC(=O)N1C(=O)CSc2ccc(CCN)cc21. The maximum absolute atomic E-state index is 11.8. The number of hydrogen-bond acceptors (Lipinski definition) is 5. The van der Waals surface area contributed by atoms with Crippen LogP contribution in [0.15, 0.2) is 23.1 Å². The lowest BCUT2D eigenvalue weighted by atomic mass is 10.1. The summed E-state index contributed by atoms with van der Waals surface area (Å²) >= 11 is 1.43. The number of methoxy groups -OCH3 is 1. The van der Waals surface area contributed by atoms with Crippen LogP contribution in [0, 0.1) is 0 Å². The number of fused-ring (bicyclic) bond motifs is 1. The topological polar surface area (TPSA) is 72.6 Å². The fourth-order valence-electron chi connectivity index (χ4n) is 1.81. The van der Waals surface area contributed by atoms with Crippen molar-refractivity contribution in [2.75, 3.05) is 24.3 Å². The number of hydrogen-bond donors (Lipinski definition) is 1. The molecule has 0 saturated carbocycles. The van der Waals surface area contributed by atoms with Gasteiger partial charge < -0.3 is 10.5 Å². The number of rotatable bonds is 2. The van der Waals surface area contributed by atoms with E-state index in [0.29, 0.717) is 18.7 Å². The van der Waals surface area contributed by atoms with Crippen LogP contribution in [-0.4, -0.2) is 31.4 Å². The van der Waals surface area contributed by atoms with E-state index in [2.05, 4.69) is 4.74 Å². The molecule has 1 aromatic rings. The zero-order chi connectivity index (χ0) is 13.1. The van der Waals surface area contributed by atoms with Crippen LogP contribution in [0.5, 0.6) is 0 Å². The summed E-state index contributed by atoms with van der Waals surface area (Å²) in [4.78, 5) is 25.5. The van der Waals surface area contributed by atoms with Crippen molar-refractivity contribution in [3.63, 3.8) is 0 Å². The lowest BCUT2D eigenvalue weighted by Crippen LogP contribution is -2.40. The molecule has 0 aromatic heterocycles. The van der Waals surface area contributed by atoms with E-state index >= 15 is 0 Å². The maximum Gasteiger partial charge on any atom is 0.421 e. The largest absolute Gasteiger partial charge is 0.452 e. The van der Waals surface area contributed by atoms with Crippen LogP contribution in [0.25, 0.3) is 0 Å². The highest BCUT2D eigenvalue weighted by atomic mass is 32.2. The van der Waals surface area contributed by atoms with E-state index in [1.165, 1.54) is 18.9 Å². The summed E-state index contributed by atoms with van der Waals surface area (Å²) in [6, 6.07) is 5.69. The molecular formula is C12H14N2O3S. The standard InChI is InChI=1S/C12H14N2O3S/c1-17-12(16)14-9-6-8(4-5-13)2-3-10(9)18-7-11(14)15/h2-3,6H,4-5,7,13H2,1H3. The molecule has 0 atom stereocenters. The molecular weight excluding hydrogens is 252 g/mol. The number of carbonyl (C=O) groups excluding carboxylic acids is 2. The summed E-state index contributed by atoms with van der Waals surface area (Å²) in [6.45, 7) is 0.526. The van der Waals surface area contributed by atoms with Crippen LogP contribution in [-0.2, 0) is 16.0 Å². The molecule has 0 aliphatic carbocycles. The third-order valence-electron chi connectivity index (χ3n) is 2.66. The van der Waals surface area contributed by atoms with Crippen LogP contribution < -0.4 is 10.6 Å². The van der Waals surface area contributed by atoms with E-state index in [-0.39, 0.29) is 11.7 Å². The quantitative estimate of drug-likeness (QED) is 0.875. The van der Waals surface area contributed by atoms with Gasteiger partial charge in [0, 0.05) is 4.90 Å². The molecule has 2 N–H and O–H groups in total. The van der Waals surface area contributed by atoms with Crippen molar-refractivity contribution in [1.29, 1.82) is 0 Å². The Morgan fingerprint density at radius 2 is 2.33 bits per heavy atom. The molecule has 2 rings (SSSR count). The van der Waals surface area contributed by atoms with Gasteiger partial charge in [0.25, 0.3) is 0 Å². The van der Waals surface area contributed by atoms with Crippen molar-refractivity contribution >= 4 is 29.4 Å². The number of benzene rings is 1. The summed E-state index contributed by atoms with van der Waals surface area (Å²) in [6.07, 6.45) is 0.0627. The highest BCUT2D eigenvalue weighted by Crippen LogP contribution is 2.36. The van der Waals surface area contributed by atoms with Gasteiger partial charge >= 0.3 is 6.09 Å². The summed E-state index contributed by atoms with van der Waals surface area (Å²) in [5.74, 6) is -0.0116. The van der Waals surface area contributed by atoms with E-state index < -0.39 is 6.09 Å². The number of nitrogens with zero attached hydrogens (tertiary/aromatic N) is 1. The van der Waals surface area contributed by atoms with Gasteiger partial charge in [-0.1, -0.05) is 6.07 Å². The molecule has 5 nitrogen and oxygen atoms in total. The van der Waals surface area contributed by atoms with Gasteiger partial charge in [0.05, 0.1) is 18.6 Å². The average Bonchev–Trinajstić information content (AvgIpc) is 2.38. The third-order valence-corrected chi connectivity index (χ3v) is 3.70. The molecule has 0 unspecified atom stereocenters. The number of carbonyl (C=O) groups is 2. The van der Waals surface area contributed by atoms with Gasteiger partial charge in [-0.25, -0.2) is 9.69 Å². The minimum absolute atomic E-state index is 0.248. The maximum atomic E-state index is 11.8. The van der Waals surface area contributed by atoms with Gasteiger partial charge in [0.15, 0.2) is 0 Å². The molecule has 1 aliphatic heterocycles. The lowest BCUT2D eigenvalue weighted by molar-refractivity contribution is -0.115. The molecule has 96 valence electrons. The second kappa shape index (κ2) is 5.41. The van der Waals surface area contributed by atoms with Crippen molar-refractivity contribution in [1.82, 2.24) is 0 Å². The van der Waals surface area contributed by atoms with E-state index in [9.17, 15) is 9.59 Å². The first-order chi connectivity index (χ1) is 8.67. The monoisotopic (exact) mass is 266 g/mol.